The maximum absolute atomic E-state index is 5.21. The van der Waals surface area contributed by atoms with Gasteiger partial charge in [-0.15, -0.1) is 0 Å². The van der Waals surface area contributed by atoms with Crippen LogP contribution in [0.15, 0.2) is 53.2 Å². The van der Waals surface area contributed by atoms with E-state index in [1.54, 1.807) is 13.1 Å². The molecule has 0 spiro atoms. The van der Waals surface area contributed by atoms with Crippen molar-refractivity contribution in [1.82, 2.24) is 15.1 Å². The first-order valence-electron chi connectivity index (χ1n) is 6.86. The minimum absolute atomic E-state index is 0.489. The van der Waals surface area contributed by atoms with Crippen LogP contribution < -0.4 is 5.32 Å². The van der Waals surface area contributed by atoms with Crippen LogP contribution in [0.25, 0.3) is 11.5 Å². The number of aryl methyl sites for hydroxylation is 1. The van der Waals surface area contributed by atoms with Crippen LogP contribution in [-0.4, -0.2) is 21.7 Å². The van der Waals surface area contributed by atoms with Crippen molar-refractivity contribution in [1.29, 1.82) is 0 Å². The lowest BCUT2D eigenvalue weighted by molar-refractivity contribution is 0.425. The van der Waals surface area contributed by atoms with Gasteiger partial charge in [-0.05, 0) is 31.0 Å². The number of hydrogen-bond acceptors (Lipinski definition) is 5. The molecule has 0 aliphatic heterocycles. The molecule has 5 nitrogen and oxygen atoms in total. The molecule has 0 saturated heterocycles. The van der Waals surface area contributed by atoms with Crippen molar-refractivity contribution in [3.8, 4) is 11.5 Å². The molecule has 0 aliphatic rings. The molecule has 21 heavy (non-hydrogen) atoms. The molecule has 0 radical (unpaired) electrons. The van der Waals surface area contributed by atoms with Gasteiger partial charge in [0.25, 0.3) is 5.89 Å². The minimum atomic E-state index is 0.489. The molecule has 5 heteroatoms. The average molecular weight is 280 g/mol. The summed E-state index contributed by atoms with van der Waals surface area (Å²) in [5, 5.41) is 7.15. The number of anilines is 1. The molecule has 0 aliphatic carbocycles. The van der Waals surface area contributed by atoms with E-state index in [0.29, 0.717) is 11.7 Å². The van der Waals surface area contributed by atoms with Crippen molar-refractivity contribution < 1.29 is 4.52 Å². The fourth-order valence-electron chi connectivity index (χ4n) is 2.10. The molecule has 0 amide bonds. The van der Waals surface area contributed by atoms with Crippen LogP contribution in [0.3, 0.4) is 0 Å². The van der Waals surface area contributed by atoms with Gasteiger partial charge in [0.15, 0.2) is 5.82 Å². The summed E-state index contributed by atoms with van der Waals surface area (Å²) >= 11 is 0. The smallest absolute Gasteiger partial charge is 0.261 e. The van der Waals surface area contributed by atoms with Gasteiger partial charge in [-0.2, -0.15) is 4.98 Å². The molecule has 3 rings (SSSR count). The third-order valence-corrected chi connectivity index (χ3v) is 3.11. The van der Waals surface area contributed by atoms with Crippen molar-refractivity contribution in [3.05, 3.63) is 60.0 Å². The molecule has 0 fully saturated rings. The second-order valence-electron chi connectivity index (χ2n) is 4.71. The van der Waals surface area contributed by atoms with Gasteiger partial charge in [-0.3, -0.25) is 0 Å². The summed E-state index contributed by atoms with van der Waals surface area (Å²) in [6.45, 7) is 2.59. The maximum atomic E-state index is 5.21. The average Bonchev–Trinajstić information content (AvgIpc) is 2.95. The number of nitrogens with zero attached hydrogens (tertiary/aromatic N) is 3. The van der Waals surface area contributed by atoms with Crippen LogP contribution in [0.5, 0.6) is 0 Å². The molecule has 3 aromatic rings. The molecule has 106 valence electrons. The molecule has 0 saturated carbocycles. The van der Waals surface area contributed by atoms with E-state index in [0.717, 1.165) is 24.3 Å². The molecule has 0 atom stereocenters. The van der Waals surface area contributed by atoms with Gasteiger partial charge < -0.3 is 9.84 Å². The van der Waals surface area contributed by atoms with E-state index < -0.39 is 0 Å². The molecule has 2 aromatic heterocycles. The van der Waals surface area contributed by atoms with Crippen LogP contribution in [0, 0.1) is 6.92 Å². The summed E-state index contributed by atoms with van der Waals surface area (Å²) in [7, 11) is 0. The fourth-order valence-corrected chi connectivity index (χ4v) is 2.10. The van der Waals surface area contributed by atoms with Crippen molar-refractivity contribution in [3.63, 3.8) is 0 Å². The van der Waals surface area contributed by atoms with Crippen molar-refractivity contribution >= 4 is 5.82 Å². The van der Waals surface area contributed by atoms with E-state index >= 15 is 0 Å². The number of hydrogen-bond donors (Lipinski definition) is 1. The summed E-state index contributed by atoms with van der Waals surface area (Å²) in [5.74, 6) is 1.86. The summed E-state index contributed by atoms with van der Waals surface area (Å²) in [6.07, 6.45) is 2.68. The quantitative estimate of drug-likeness (QED) is 0.778. The molecule has 0 bridgehead atoms. The number of aromatic nitrogens is 3. The SMILES string of the molecule is Cc1noc(-c2cccnc2NCCc2ccccc2)n1. The third-order valence-electron chi connectivity index (χ3n) is 3.11. The van der Waals surface area contributed by atoms with Gasteiger partial charge in [-0.25, -0.2) is 4.98 Å². The zero-order valence-corrected chi connectivity index (χ0v) is 11.8. The molecular weight excluding hydrogens is 264 g/mol. The number of nitrogens with one attached hydrogen (secondary N) is 1. The summed E-state index contributed by atoms with van der Waals surface area (Å²) in [4.78, 5) is 8.61. The lowest BCUT2D eigenvalue weighted by Crippen LogP contribution is -2.07. The van der Waals surface area contributed by atoms with Gasteiger partial charge in [0.1, 0.15) is 5.82 Å². The van der Waals surface area contributed by atoms with E-state index in [1.807, 2.05) is 30.3 Å². The second-order valence-corrected chi connectivity index (χ2v) is 4.71. The highest BCUT2D eigenvalue weighted by Gasteiger charge is 2.11. The van der Waals surface area contributed by atoms with Gasteiger partial charge >= 0.3 is 0 Å². The maximum Gasteiger partial charge on any atom is 0.261 e. The zero-order valence-electron chi connectivity index (χ0n) is 11.8. The first-order chi connectivity index (χ1) is 10.3. The minimum Gasteiger partial charge on any atom is -0.369 e. The lowest BCUT2D eigenvalue weighted by Gasteiger charge is -2.08. The molecule has 1 N–H and O–H groups in total. The first-order valence-corrected chi connectivity index (χ1v) is 6.86. The molecule has 1 aromatic carbocycles. The third kappa shape index (κ3) is 3.25. The summed E-state index contributed by atoms with van der Waals surface area (Å²) < 4.78 is 5.21. The van der Waals surface area contributed by atoms with Gasteiger partial charge in [-0.1, -0.05) is 35.5 Å². The number of rotatable bonds is 5. The summed E-state index contributed by atoms with van der Waals surface area (Å²) in [5.41, 5.74) is 2.11. The second kappa shape index (κ2) is 6.17. The monoisotopic (exact) mass is 280 g/mol. The van der Waals surface area contributed by atoms with E-state index in [2.05, 4.69) is 32.6 Å². The van der Waals surface area contributed by atoms with Crippen molar-refractivity contribution in [2.45, 2.75) is 13.3 Å². The highest BCUT2D eigenvalue weighted by atomic mass is 16.5. The summed E-state index contributed by atoms with van der Waals surface area (Å²) in [6, 6.07) is 14.1. The Kier molecular flexibility index (Phi) is 3.91. The Labute approximate surface area is 123 Å². The standard InChI is InChI=1S/C16H16N4O/c1-12-19-16(21-20-12)14-8-5-10-17-15(14)18-11-9-13-6-3-2-4-7-13/h2-8,10H,9,11H2,1H3,(H,17,18). The lowest BCUT2D eigenvalue weighted by atomic mass is 10.1. The molecule has 0 unspecified atom stereocenters. The van der Waals surface area contributed by atoms with Crippen LogP contribution in [0.1, 0.15) is 11.4 Å². The Morgan fingerprint density at radius 2 is 1.95 bits per heavy atom. The topological polar surface area (TPSA) is 63.8 Å². The largest absolute Gasteiger partial charge is 0.369 e. The van der Waals surface area contributed by atoms with Crippen LogP contribution in [-0.2, 0) is 6.42 Å². The van der Waals surface area contributed by atoms with E-state index in [4.69, 9.17) is 4.52 Å². The number of pyridine rings is 1. The Bertz CT molecular complexity index is 709. The predicted molar refractivity (Wildman–Crippen MR) is 80.9 cm³/mol. The van der Waals surface area contributed by atoms with E-state index in [-0.39, 0.29) is 0 Å². The Balaban J connectivity index is 1.71. The highest BCUT2D eigenvalue weighted by molar-refractivity contribution is 5.68. The molecule has 2 heterocycles. The Morgan fingerprint density at radius 1 is 1.10 bits per heavy atom. The van der Waals surface area contributed by atoms with E-state index in [1.165, 1.54) is 5.56 Å². The predicted octanol–water partition coefficient (Wildman–Crippen LogP) is 3.09. The van der Waals surface area contributed by atoms with Crippen LogP contribution >= 0.6 is 0 Å². The fraction of sp³-hybridized carbons (Fsp3) is 0.188. The van der Waals surface area contributed by atoms with Crippen molar-refractivity contribution in [2.24, 2.45) is 0 Å². The van der Waals surface area contributed by atoms with E-state index in [9.17, 15) is 0 Å². The first kappa shape index (κ1) is 13.3. The van der Waals surface area contributed by atoms with Gasteiger partial charge in [0, 0.05) is 12.7 Å². The van der Waals surface area contributed by atoms with Crippen molar-refractivity contribution in [2.75, 3.05) is 11.9 Å². The van der Waals surface area contributed by atoms with Gasteiger partial charge in [0.05, 0.1) is 5.56 Å². The Hall–Kier alpha value is -2.69. The normalized spacial score (nSPS) is 10.5. The zero-order chi connectivity index (χ0) is 14.5. The number of benzene rings is 1. The van der Waals surface area contributed by atoms with Gasteiger partial charge in [0.2, 0.25) is 0 Å². The highest BCUT2D eigenvalue weighted by Crippen LogP contribution is 2.24. The molecular formula is C16H16N4O. The van der Waals surface area contributed by atoms with Crippen LogP contribution in [0.4, 0.5) is 5.82 Å². The van der Waals surface area contributed by atoms with Crippen LogP contribution in [0.2, 0.25) is 0 Å². The Morgan fingerprint density at radius 3 is 2.71 bits per heavy atom.